The normalized spacial score (nSPS) is 27.5. The number of fused-ring (bicyclic) bond motifs is 3. The third kappa shape index (κ3) is 7.28. The van der Waals surface area contributed by atoms with Crippen molar-refractivity contribution in [2.45, 2.75) is 121 Å². The van der Waals surface area contributed by atoms with Gasteiger partial charge in [-0.05, 0) is 87.5 Å². The van der Waals surface area contributed by atoms with Gasteiger partial charge in [0.1, 0.15) is 35.2 Å². The molecule has 0 bridgehead atoms. The number of anilines is 1. The predicted octanol–water partition coefficient (Wildman–Crippen LogP) is 8.81. The molecule has 59 heavy (non-hydrogen) atoms. The second kappa shape index (κ2) is 14.7. The highest BCUT2D eigenvalue weighted by molar-refractivity contribution is 6.74. The van der Waals surface area contributed by atoms with Crippen molar-refractivity contribution in [2.24, 2.45) is 5.41 Å². The van der Waals surface area contributed by atoms with E-state index in [4.69, 9.17) is 55.0 Å². The Bertz CT molecular complexity index is 2280. The van der Waals surface area contributed by atoms with Gasteiger partial charge in [-0.25, -0.2) is 18.4 Å². The minimum absolute atomic E-state index is 0.00100. The van der Waals surface area contributed by atoms with E-state index < -0.39 is 31.4 Å². The molecule has 9 rings (SSSR count). The third-order valence-electron chi connectivity index (χ3n) is 14.0. The lowest BCUT2D eigenvalue weighted by atomic mass is 9.89. The number of benzene rings is 1. The highest BCUT2D eigenvalue weighted by Gasteiger charge is 2.62. The molecule has 3 aromatic heterocycles. The van der Waals surface area contributed by atoms with Crippen LogP contribution in [-0.2, 0) is 13.9 Å². The van der Waals surface area contributed by atoms with E-state index in [0.29, 0.717) is 73.1 Å². The third-order valence-corrected chi connectivity index (χ3v) is 19.1. The molecule has 0 radical (unpaired) electrons. The molecule has 4 saturated heterocycles. The molecule has 0 amide bonds. The van der Waals surface area contributed by atoms with Gasteiger partial charge in [0, 0.05) is 50.2 Å². The zero-order chi connectivity index (χ0) is 41.7. The van der Waals surface area contributed by atoms with Crippen LogP contribution in [0, 0.1) is 18.2 Å². The van der Waals surface area contributed by atoms with Crippen molar-refractivity contribution in [1.82, 2.24) is 29.6 Å². The summed E-state index contributed by atoms with van der Waals surface area (Å²) in [5.74, 6) is -0.165. The lowest BCUT2D eigenvalue weighted by molar-refractivity contribution is -0.0366. The van der Waals surface area contributed by atoms with E-state index in [9.17, 15) is 0 Å². The van der Waals surface area contributed by atoms with Crippen molar-refractivity contribution >= 4 is 47.5 Å². The Morgan fingerprint density at radius 2 is 1.90 bits per heavy atom. The monoisotopic (exact) mass is 853 g/mol. The first kappa shape index (κ1) is 41.2. The fourth-order valence-corrected chi connectivity index (χ4v) is 11.8. The van der Waals surface area contributed by atoms with Gasteiger partial charge in [0.05, 0.1) is 48.2 Å². The van der Waals surface area contributed by atoms with Gasteiger partial charge in [-0.15, -0.1) is 0 Å². The summed E-state index contributed by atoms with van der Waals surface area (Å²) in [6.45, 7) is 18.8. The predicted molar refractivity (Wildman–Crippen MR) is 226 cm³/mol. The minimum atomic E-state index is -2.27. The second-order valence-electron chi connectivity index (χ2n) is 19.7. The van der Waals surface area contributed by atoms with Gasteiger partial charge in [-0.3, -0.25) is 4.90 Å². The molecule has 0 N–H and O–H groups in total. The van der Waals surface area contributed by atoms with E-state index in [1.54, 1.807) is 6.20 Å². The quantitative estimate of drug-likeness (QED) is 0.151. The van der Waals surface area contributed by atoms with Gasteiger partial charge in [0.15, 0.2) is 20.4 Å². The number of pyridine rings is 1. The molecular weight excluding hydrogens is 796 g/mol. The van der Waals surface area contributed by atoms with Crippen molar-refractivity contribution in [2.75, 3.05) is 64.6 Å². The Kier molecular flexibility index (Phi) is 10.3. The summed E-state index contributed by atoms with van der Waals surface area (Å²) in [6.07, 6.45) is 6.91. The largest absolute Gasteiger partial charge is 0.480 e. The fraction of sp³-hybridized carbons (Fsp3) is 0.674. The summed E-state index contributed by atoms with van der Waals surface area (Å²) < 4.78 is 66.7. The first-order valence-electron chi connectivity index (χ1n) is 21.2. The SMILES string of the molecule is COc1nc(-c2c(Cl)c(C)cc3c2cnn3C2CCCCO2)c(F)c2nc(OC[C@@]34C[C@@H](F)CN3CC3(CC3)C4)nc(N3CCOC[C@@](C)(O[Si](C)(C)C(C)(C)C)C3)c12. The Morgan fingerprint density at radius 3 is 2.61 bits per heavy atom. The molecule has 4 aromatic rings. The summed E-state index contributed by atoms with van der Waals surface area (Å²) >= 11 is 7.11. The van der Waals surface area contributed by atoms with Crippen molar-refractivity contribution in [1.29, 1.82) is 0 Å². The Morgan fingerprint density at radius 1 is 1.10 bits per heavy atom. The van der Waals surface area contributed by atoms with Gasteiger partial charge in [0.25, 0.3) is 0 Å². The van der Waals surface area contributed by atoms with Crippen LogP contribution < -0.4 is 14.4 Å². The Labute approximate surface area is 351 Å². The van der Waals surface area contributed by atoms with Crippen LogP contribution in [0.5, 0.6) is 11.9 Å². The zero-order valence-electron chi connectivity index (χ0n) is 35.7. The molecule has 7 heterocycles. The number of nitrogens with zero attached hydrogens (tertiary/aromatic N) is 7. The smallest absolute Gasteiger partial charge is 0.319 e. The topological polar surface area (TPSA) is 109 Å². The zero-order valence-corrected chi connectivity index (χ0v) is 37.5. The van der Waals surface area contributed by atoms with Gasteiger partial charge in [0.2, 0.25) is 5.88 Å². The second-order valence-corrected chi connectivity index (χ2v) is 24.8. The minimum Gasteiger partial charge on any atom is -0.480 e. The van der Waals surface area contributed by atoms with E-state index in [-0.39, 0.29) is 46.4 Å². The number of hydrogen-bond donors (Lipinski definition) is 0. The van der Waals surface area contributed by atoms with E-state index in [1.165, 1.54) is 7.11 Å². The molecule has 320 valence electrons. The van der Waals surface area contributed by atoms with E-state index >= 15 is 8.78 Å². The van der Waals surface area contributed by atoms with Gasteiger partial charge < -0.3 is 28.3 Å². The average Bonchev–Trinajstić information content (AvgIpc) is 3.64. The van der Waals surface area contributed by atoms with E-state index in [0.717, 1.165) is 56.1 Å². The van der Waals surface area contributed by atoms with Crippen molar-refractivity contribution in [3.8, 4) is 23.1 Å². The van der Waals surface area contributed by atoms with E-state index in [2.05, 4.69) is 50.6 Å². The number of methoxy groups -OCH3 is 1. The summed E-state index contributed by atoms with van der Waals surface area (Å²) in [5.41, 5.74) is 0.889. The standard InChI is InChI=1S/C43H58ClF2N7O5Si/c1-26-17-29-28(19-47-53(29)30-11-9-10-15-56-30)31(33(26)44)35-34(46)36-32(38(48-35)54-6)37(51-14-16-55-24-41(5,22-51)58-59(7,8)40(2,3)4)50-39(49-36)57-25-43-18-27(45)20-52(43)23-42(21-43)12-13-42/h17,19,27,30H,9-16,18,20-25H2,1-8H3/t27-,30?,41+,43+/m1/s1. The summed E-state index contributed by atoms with van der Waals surface area (Å²) in [7, 11) is -0.765. The Balaban J connectivity index is 1.19. The maximum atomic E-state index is 17.8. The molecule has 16 heteroatoms. The van der Waals surface area contributed by atoms with Crippen molar-refractivity contribution < 1.29 is 32.2 Å². The van der Waals surface area contributed by atoms with Gasteiger partial charge >= 0.3 is 6.01 Å². The molecule has 1 unspecified atom stereocenters. The number of aromatic nitrogens is 5. The van der Waals surface area contributed by atoms with E-state index in [1.807, 2.05) is 17.7 Å². The van der Waals surface area contributed by atoms with Crippen LogP contribution in [0.3, 0.4) is 0 Å². The van der Waals surface area contributed by atoms with Crippen LogP contribution in [0.1, 0.15) is 84.4 Å². The number of alkyl halides is 1. The summed E-state index contributed by atoms with van der Waals surface area (Å²) in [4.78, 5) is 19.1. The molecule has 1 saturated carbocycles. The number of rotatable bonds is 9. The first-order valence-corrected chi connectivity index (χ1v) is 24.5. The molecule has 5 aliphatic rings. The fourth-order valence-electron chi connectivity index (χ4n) is 9.91. The molecular formula is C43H58ClF2N7O5Si. The summed E-state index contributed by atoms with van der Waals surface area (Å²) in [5, 5.41) is 5.96. The molecule has 1 aliphatic carbocycles. The highest BCUT2D eigenvalue weighted by Crippen LogP contribution is 2.61. The molecule has 12 nitrogen and oxygen atoms in total. The Hall–Kier alpha value is -3.21. The van der Waals surface area contributed by atoms with Crippen LogP contribution in [0.25, 0.3) is 33.1 Å². The first-order chi connectivity index (χ1) is 27.9. The number of aryl methyl sites for hydroxylation is 1. The van der Waals surface area contributed by atoms with Crippen LogP contribution in [0.15, 0.2) is 12.3 Å². The maximum Gasteiger partial charge on any atom is 0.319 e. The lowest BCUT2D eigenvalue weighted by Crippen LogP contribution is -2.54. The molecule has 4 atom stereocenters. The average molecular weight is 855 g/mol. The van der Waals surface area contributed by atoms with Crippen LogP contribution in [0.4, 0.5) is 14.6 Å². The van der Waals surface area contributed by atoms with Gasteiger partial charge in [-0.1, -0.05) is 32.4 Å². The van der Waals surface area contributed by atoms with Crippen molar-refractivity contribution in [3.63, 3.8) is 0 Å². The number of ether oxygens (including phenoxy) is 4. The maximum absolute atomic E-state index is 17.8. The van der Waals surface area contributed by atoms with Crippen LogP contribution >= 0.6 is 11.6 Å². The number of hydrogen-bond acceptors (Lipinski definition) is 11. The lowest BCUT2D eigenvalue weighted by Gasteiger charge is -2.44. The van der Waals surface area contributed by atoms with Crippen LogP contribution in [0.2, 0.25) is 23.2 Å². The number of halogens is 3. The molecule has 1 aromatic carbocycles. The van der Waals surface area contributed by atoms with Crippen molar-refractivity contribution in [3.05, 3.63) is 28.7 Å². The molecule has 5 fully saturated rings. The molecule has 4 aliphatic heterocycles. The highest BCUT2D eigenvalue weighted by atomic mass is 35.5. The van der Waals surface area contributed by atoms with Gasteiger partial charge in [-0.2, -0.15) is 15.1 Å². The van der Waals surface area contributed by atoms with Crippen LogP contribution in [-0.4, -0.2) is 115 Å². The summed E-state index contributed by atoms with van der Waals surface area (Å²) in [6, 6.07) is 1.96. The molecule has 1 spiro atoms.